The van der Waals surface area contributed by atoms with Crippen molar-refractivity contribution < 1.29 is 35.5 Å². The van der Waals surface area contributed by atoms with Gasteiger partial charge >= 0.3 is 18.0 Å². The topological polar surface area (TPSA) is 46.3 Å². The summed E-state index contributed by atoms with van der Waals surface area (Å²) in [5.74, 6) is -0.589. The van der Waals surface area contributed by atoms with Gasteiger partial charge in [0.05, 0.1) is 0 Å². The quantitative estimate of drug-likeness (QED) is 0.528. The number of hydrogen-bond donors (Lipinski definition) is 1. The summed E-state index contributed by atoms with van der Waals surface area (Å²) in [7, 11) is 1.30. The molecule has 0 saturated heterocycles. The maximum Gasteiger partial charge on any atom is 0.435 e. The van der Waals surface area contributed by atoms with Crippen LogP contribution in [-0.4, -0.2) is 25.3 Å². The lowest BCUT2D eigenvalue weighted by Gasteiger charge is -2.32. The smallest absolute Gasteiger partial charge is 0.399 e. The zero-order chi connectivity index (χ0) is 22.4. The fourth-order valence-electron chi connectivity index (χ4n) is 3.14. The lowest BCUT2D eigenvalue weighted by Crippen LogP contribution is -2.50. The number of hydrogen-bond acceptors (Lipinski definition) is 2. The fraction of sp³-hybridized carbons (Fsp3) is 0.316. The van der Waals surface area contributed by atoms with E-state index in [0.717, 1.165) is 4.90 Å². The van der Waals surface area contributed by atoms with Crippen molar-refractivity contribution in [1.82, 2.24) is 0 Å². The number of aryl methyl sites for hydroxylation is 2. The van der Waals surface area contributed by atoms with E-state index >= 15 is 0 Å². The van der Waals surface area contributed by atoms with E-state index in [1.165, 1.54) is 45.2 Å². The highest BCUT2D eigenvalue weighted by Crippen LogP contribution is 2.53. The number of anilines is 2. The summed E-state index contributed by atoms with van der Waals surface area (Å²) < 4.78 is 92.5. The minimum Gasteiger partial charge on any atom is -0.399 e. The average molecular weight is 422 g/mol. The van der Waals surface area contributed by atoms with Crippen LogP contribution in [0.4, 0.5) is 42.1 Å². The monoisotopic (exact) mass is 422 g/mol. The minimum absolute atomic E-state index is 0.0628. The number of nitrogen functional groups attached to an aromatic ring is 1. The van der Waals surface area contributed by atoms with Gasteiger partial charge in [-0.3, -0.25) is 4.79 Å². The number of halogens is 7. The Hall–Kier alpha value is -2.78. The highest BCUT2D eigenvalue weighted by molar-refractivity contribution is 6.07. The second-order valence-corrected chi connectivity index (χ2v) is 6.60. The van der Waals surface area contributed by atoms with Crippen LogP contribution in [-0.2, 0) is 5.67 Å². The van der Waals surface area contributed by atoms with E-state index < -0.39 is 29.5 Å². The van der Waals surface area contributed by atoms with E-state index in [1.807, 2.05) is 0 Å². The number of amides is 1. The summed E-state index contributed by atoms with van der Waals surface area (Å²) in [5, 5.41) is 0. The van der Waals surface area contributed by atoms with E-state index in [4.69, 9.17) is 5.73 Å². The third-order valence-electron chi connectivity index (χ3n) is 4.44. The van der Waals surface area contributed by atoms with Crippen LogP contribution in [0.3, 0.4) is 0 Å². The van der Waals surface area contributed by atoms with Crippen LogP contribution in [0, 0.1) is 13.8 Å². The van der Waals surface area contributed by atoms with Gasteiger partial charge in [0, 0.05) is 29.5 Å². The van der Waals surface area contributed by atoms with Crippen LogP contribution in [0.25, 0.3) is 0 Å². The Morgan fingerprint density at radius 3 is 1.79 bits per heavy atom. The molecule has 1 amide bonds. The van der Waals surface area contributed by atoms with Crippen molar-refractivity contribution in [1.29, 1.82) is 0 Å². The molecule has 2 aromatic carbocycles. The molecular formula is C19H17F7N2O. The normalized spacial score (nSPS) is 12.8. The van der Waals surface area contributed by atoms with Crippen LogP contribution in [0.15, 0.2) is 36.4 Å². The molecule has 0 radical (unpaired) electrons. The zero-order valence-corrected chi connectivity index (χ0v) is 15.5. The van der Waals surface area contributed by atoms with Gasteiger partial charge in [0.2, 0.25) is 0 Å². The number of nitrogens with zero attached hydrogens (tertiary/aromatic N) is 1. The van der Waals surface area contributed by atoms with Crippen molar-refractivity contribution in [2.75, 3.05) is 17.7 Å². The first kappa shape index (κ1) is 22.5. The Balaban J connectivity index is 2.58. The van der Waals surface area contributed by atoms with Crippen LogP contribution in [0.2, 0.25) is 0 Å². The standard InChI is InChI=1S/C19H17F7N2O/c1-10-7-13(17(20,18(21,22)23)19(24,25)26)8-11(2)15(10)28(3)16(29)12-5-4-6-14(27)9-12/h4-9H,27H2,1-3H3. The van der Waals surface area contributed by atoms with Crippen LogP contribution >= 0.6 is 0 Å². The maximum absolute atomic E-state index is 14.4. The molecular weight excluding hydrogens is 405 g/mol. The number of alkyl halides is 7. The van der Waals surface area contributed by atoms with Gasteiger partial charge in [0.1, 0.15) is 0 Å². The van der Waals surface area contributed by atoms with E-state index in [0.29, 0.717) is 17.8 Å². The van der Waals surface area contributed by atoms with Gasteiger partial charge in [-0.05, 0) is 43.2 Å². The minimum atomic E-state index is -6.21. The molecule has 2 rings (SSSR count). The van der Waals surface area contributed by atoms with Crippen LogP contribution < -0.4 is 10.6 Å². The maximum atomic E-state index is 14.4. The highest BCUT2D eigenvalue weighted by atomic mass is 19.4. The fourth-order valence-corrected chi connectivity index (χ4v) is 3.14. The van der Waals surface area contributed by atoms with Gasteiger partial charge in [-0.15, -0.1) is 0 Å². The Bertz CT molecular complexity index is 898. The molecule has 158 valence electrons. The molecule has 0 aliphatic heterocycles. The molecule has 29 heavy (non-hydrogen) atoms. The van der Waals surface area contributed by atoms with Gasteiger partial charge in [-0.25, -0.2) is 4.39 Å². The van der Waals surface area contributed by atoms with E-state index in [9.17, 15) is 35.5 Å². The van der Waals surface area contributed by atoms with Gasteiger partial charge in [-0.1, -0.05) is 18.2 Å². The van der Waals surface area contributed by atoms with E-state index in [2.05, 4.69) is 0 Å². The third-order valence-corrected chi connectivity index (χ3v) is 4.44. The molecule has 10 heteroatoms. The number of carbonyl (C=O) groups excluding carboxylic acids is 1. The second kappa shape index (κ2) is 7.23. The molecule has 0 heterocycles. The lowest BCUT2D eigenvalue weighted by atomic mass is 9.90. The molecule has 0 bridgehead atoms. The van der Waals surface area contributed by atoms with Crippen LogP contribution in [0.1, 0.15) is 27.0 Å². The van der Waals surface area contributed by atoms with Crippen molar-refractivity contribution in [3.8, 4) is 0 Å². The van der Waals surface area contributed by atoms with Crippen molar-refractivity contribution in [2.24, 2.45) is 0 Å². The van der Waals surface area contributed by atoms with Gasteiger partial charge in [-0.2, -0.15) is 26.3 Å². The first-order valence-electron chi connectivity index (χ1n) is 8.19. The molecule has 0 atom stereocenters. The molecule has 3 nitrogen and oxygen atoms in total. The van der Waals surface area contributed by atoms with Gasteiger partial charge in [0.15, 0.2) is 0 Å². The van der Waals surface area contributed by atoms with Crippen molar-refractivity contribution in [3.63, 3.8) is 0 Å². The van der Waals surface area contributed by atoms with E-state index in [-0.39, 0.29) is 22.4 Å². The largest absolute Gasteiger partial charge is 0.435 e. The molecule has 0 spiro atoms. The summed E-state index contributed by atoms with van der Waals surface area (Å²) >= 11 is 0. The summed E-state index contributed by atoms with van der Waals surface area (Å²) in [4.78, 5) is 13.7. The summed E-state index contributed by atoms with van der Waals surface area (Å²) in [6.45, 7) is 2.39. The Morgan fingerprint density at radius 1 is 0.897 bits per heavy atom. The predicted octanol–water partition coefficient (Wildman–Crippen LogP) is 5.45. The number of carbonyl (C=O) groups is 1. The number of nitrogens with two attached hydrogens (primary N) is 1. The molecule has 2 aromatic rings. The molecule has 0 fully saturated rings. The average Bonchev–Trinajstić information content (AvgIpc) is 2.57. The zero-order valence-electron chi connectivity index (χ0n) is 15.5. The van der Waals surface area contributed by atoms with Crippen molar-refractivity contribution >= 4 is 17.3 Å². The molecule has 2 N–H and O–H groups in total. The predicted molar refractivity (Wildman–Crippen MR) is 94.4 cm³/mol. The number of rotatable bonds is 3. The van der Waals surface area contributed by atoms with Crippen molar-refractivity contribution in [2.45, 2.75) is 31.9 Å². The first-order chi connectivity index (χ1) is 13.1. The Kier molecular flexibility index (Phi) is 5.62. The lowest BCUT2D eigenvalue weighted by molar-refractivity contribution is -0.348. The summed E-state index contributed by atoms with van der Waals surface area (Å²) in [6, 6.07) is 6.78. The molecule has 0 saturated carbocycles. The molecule has 0 aliphatic rings. The SMILES string of the molecule is Cc1cc(C(F)(C(F)(F)F)C(F)(F)F)cc(C)c1N(C)C(=O)c1cccc(N)c1. The Labute approximate surface area is 161 Å². The molecule has 0 aromatic heterocycles. The Morgan fingerprint density at radius 2 is 1.38 bits per heavy atom. The van der Waals surface area contributed by atoms with E-state index in [1.54, 1.807) is 0 Å². The molecule has 0 aliphatic carbocycles. The highest BCUT2D eigenvalue weighted by Gasteiger charge is 2.73. The van der Waals surface area contributed by atoms with Crippen LogP contribution in [0.5, 0.6) is 0 Å². The van der Waals surface area contributed by atoms with Crippen molar-refractivity contribution in [3.05, 3.63) is 58.7 Å². The van der Waals surface area contributed by atoms with Gasteiger partial charge < -0.3 is 10.6 Å². The first-order valence-corrected chi connectivity index (χ1v) is 8.19. The summed E-state index contributed by atoms with van der Waals surface area (Å²) in [5.41, 5.74) is -1.25. The summed E-state index contributed by atoms with van der Waals surface area (Å²) in [6.07, 6.45) is -12.4. The third kappa shape index (κ3) is 3.88. The number of benzene rings is 2. The van der Waals surface area contributed by atoms with Gasteiger partial charge in [0.25, 0.3) is 5.91 Å². The molecule has 0 unspecified atom stereocenters. The second-order valence-electron chi connectivity index (χ2n) is 6.60.